The van der Waals surface area contributed by atoms with Gasteiger partial charge in [0.2, 0.25) is 5.91 Å². The van der Waals surface area contributed by atoms with Crippen LogP contribution in [0.25, 0.3) is 0 Å². The first-order valence-corrected chi connectivity index (χ1v) is 7.93. The van der Waals surface area contributed by atoms with Gasteiger partial charge in [0, 0.05) is 23.7 Å². The smallest absolute Gasteiger partial charge is 0.251 e. The maximum atomic E-state index is 11.8. The van der Waals surface area contributed by atoms with Crippen molar-refractivity contribution in [3.05, 3.63) is 29.8 Å². The number of anilines is 1. The Morgan fingerprint density at radius 2 is 1.68 bits per heavy atom. The van der Waals surface area contributed by atoms with Gasteiger partial charge in [0.25, 0.3) is 5.91 Å². The lowest BCUT2D eigenvalue weighted by atomic mass is 10.1. The minimum Gasteiger partial charge on any atom is -0.350 e. The van der Waals surface area contributed by atoms with Gasteiger partial charge in [-0.1, -0.05) is 12.8 Å². The maximum absolute atomic E-state index is 11.8. The van der Waals surface area contributed by atoms with E-state index in [0.29, 0.717) is 24.2 Å². The molecule has 22 heavy (non-hydrogen) atoms. The van der Waals surface area contributed by atoms with Gasteiger partial charge >= 0.3 is 0 Å². The predicted octanol–water partition coefficient (Wildman–Crippen LogP) is 2.67. The van der Waals surface area contributed by atoms with Gasteiger partial charge in [-0.3, -0.25) is 9.59 Å². The van der Waals surface area contributed by atoms with Crippen molar-refractivity contribution in [2.45, 2.75) is 52.0 Å². The van der Waals surface area contributed by atoms with E-state index in [4.69, 9.17) is 5.73 Å². The molecule has 4 N–H and O–H groups in total. The molecule has 0 bridgehead atoms. The minimum absolute atomic E-state index is 0.00660. The zero-order chi connectivity index (χ0) is 16.4. The van der Waals surface area contributed by atoms with Crippen LogP contribution in [0.1, 0.15) is 56.3 Å². The third-order valence-electron chi connectivity index (χ3n) is 3.21. The molecule has 0 heterocycles. The summed E-state index contributed by atoms with van der Waals surface area (Å²) in [5.41, 5.74) is 6.73. The van der Waals surface area contributed by atoms with Crippen LogP contribution in [-0.2, 0) is 4.79 Å². The molecule has 0 aliphatic heterocycles. The van der Waals surface area contributed by atoms with E-state index in [-0.39, 0.29) is 17.9 Å². The molecule has 5 nitrogen and oxygen atoms in total. The number of benzene rings is 1. The van der Waals surface area contributed by atoms with E-state index in [1.165, 1.54) is 0 Å². The third-order valence-corrected chi connectivity index (χ3v) is 3.21. The Labute approximate surface area is 132 Å². The second-order valence-electron chi connectivity index (χ2n) is 5.71. The Hall–Kier alpha value is -1.88. The quantitative estimate of drug-likeness (QED) is 0.613. The molecule has 1 aromatic carbocycles. The van der Waals surface area contributed by atoms with E-state index in [2.05, 4.69) is 10.6 Å². The average Bonchev–Trinajstić information content (AvgIpc) is 2.47. The molecule has 5 heteroatoms. The summed E-state index contributed by atoms with van der Waals surface area (Å²) in [6.07, 6.45) is 4.50. The molecule has 0 aliphatic carbocycles. The van der Waals surface area contributed by atoms with Gasteiger partial charge in [0.15, 0.2) is 0 Å². The first-order chi connectivity index (χ1) is 10.5. The highest BCUT2D eigenvalue weighted by atomic mass is 16.2. The highest BCUT2D eigenvalue weighted by Crippen LogP contribution is 2.11. The van der Waals surface area contributed by atoms with Crippen LogP contribution in [0.5, 0.6) is 0 Å². The minimum atomic E-state index is -0.104. The summed E-state index contributed by atoms with van der Waals surface area (Å²) in [5, 5.41) is 5.67. The number of nitrogens with one attached hydrogen (secondary N) is 2. The normalized spacial score (nSPS) is 10.5. The summed E-state index contributed by atoms with van der Waals surface area (Å²) in [6, 6.07) is 7.04. The molecule has 1 aromatic rings. The molecular weight excluding hydrogens is 278 g/mol. The van der Waals surface area contributed by atoms with Crippen molar-refractivity contribution < 1.29 is 9.59 Å². The van der Waals surface area contributed by atoms with Crippen LogP contribution >= 0.6 is 0 Å². The van der Waals surface area contributed by atoms with Crippen LogP contribution in [0, 0.1) is 0 Å². The van der Waals surface area contributed by atoms with Gasteiger partial charge in [-0.15, -0.1) is 0 Å². The molecule has 0 spiro atoms. The average molecular weight is 305 g/mol. The molecule has 0 fully saturated rings. The second kappa shape index (κ2) is 9.95. The van der Waals surface area contributed by atoms with E-state index >= 15 is 0 Å². The Kier molecular flexibility index (Phi) is 8.22. The standard InChI is InChI=1S/C17H27N3O2/c1-13(2)19-17(22)14-8-10-15(11-9-14)20-16(21)7-5-3-4-6-12-18/h8-11,13H,3-7,12,18H2,1-2H3,(H,19,22)(H,20,21). The van der Waals surface area contributed by atoms with Crippen LogP contribution in [0.4, 0.5) is 5.69 Å². The van der Waals surface area contributed by atoms with Crippen LogP contribution < -0.4 is 16.4 Å². The zero-order valence-electron chi connectivity index (χ0n) is 13.5. The third kappa shape index (κ3) is 7.22. The molecule has 122 valence electrons. The Morgan fingerprint density at radius 1 is 1.05 bits per heavy atom. The van der Waals surface area contributed by atoms with Crippen molar-refractivity contribution in [2.24, 2.45) is 5.73 Å². The van der Waals surface area contributed by atoms with Crippen molar-refractivity contribution in [1.29, 1.82) is 0 Å². The summed E-state index contributed by atoms with van der Waals surface area (Å²) >= 11 is 0. The predicted molar refractivity (Wildman–Crippen MR) is 89.8 cm³/mol. The summed E-state index contributed by atoms with van der Waals surface area (Å²) in [5.74, 6) is -0.0973. The lowest BCUT2D eigenvalue weighted by molar-refractivity contribution is -0.116. The number of carbonyl (C=O) groups is 2. The van der Waals surface area contributed by atoms with E-state index in [1.54, 1.807) is 24.3 Å². The highest BCUT2D eigenvalue weighted by Gasteiger charge is 2.07. The molecule has 0 aromatic heterocycles. The van der Waals surface area contributed by atoms with Crippen molar-refractivity contribution in [2.75, 3.05) is 11.9 Å². The van der Waals surface area contributed by atoms with Crippen LogP contribution in [-0.4, -0.2) is 24.4 Å². The summed E-state index contributed by atoms with van der Waals surface area (Å²) in [4.78, 5) is 23.6. The van der Waals surface area contributed by atoms with Crippen molar-refractivity contribution in [3.63, 3.8) is 0 Å². The van der Waals surface area contributed by atoms with Gasteiger partial charge in [0.05, 0.1) is 0 Å². The molecule has 2 amide bonds. The number of hydrogen-bond acceptors (Lipinski definition) is 3. The molecular formula is C17H27N3O2. The van der Waals surface area contributed by atoms with Gasteiger partial charge < -0.3 is 16.4 Å². The zero-order valence-corrected chi connectivity index (χ0v) is 13.5. The largest absolute Gasteiger partial charge is 0.350 e. The number of rotatable bonds is 9. The Balaban J connectivity index is 2.37. The Bertz CT molecular complexity index is 469. The number of carbonyl (C=O) groups excluding carboxylic acids is 2. The van der Waals surface area contributed by atoms with Crippen molar-refractivity contribution in [1.82, 2.24) is 5.32 Å². The summed E-state index contributed by atoms with van der Waals surface area (Å²) in [6.45, 7) is 4.54. The lowest BCUT2D eigenvalue weighted by Crippen LogP contribution is -2.29. The van der Waals surface area contributed by atoms with E-state index < -0.39 is 0 Å². The van der Waals surface area contributed by atoms with E-state index in [1.807, 2.05) is 13.8 Å². The maximum Gasteiger partial charge on any atom is 0.251 e. The van der Waals surface area contributed by atoms with Crippen molar-refractivity contribution in [3.8, 4) is 0 Å². The molecule has 0 atom stereocenters. The second-order valence-corrected chi connectivity index (χ2v) is 5.71. The van der Waals surface area contributed by atoms with Crippen LogP contribution in [0.2, 0.25) is 0 Å². The molecule has 1 rings (SSSR count). The van der Waals surface area contributed by atoms with E-state index in [9.17, 15) is 9.59 Å². The number of amides is 2. The number of hydrogen-bond donors (Lipinski definition) is 3. The van der Waals surface area contributed by atoms with Crippen LogP contribution in [0.3, 0.4) is 0 Å². The van der Waals surface area contributed by atoms with Crippen molar-refractivity contribution >= 4 is 17.5 Å². The van der Waals surface area contributed by atoms with Gasteiger partial charge in [0.1, 0.15) is 0 Å². The first kappa shape index (κ1) is 18.2. The van der Waals surface area contributed by atoms with E-state index in [0.717, 1.165) is 25.7 Å². The van der Waals surface area contributed by atoms with Gasteiger partial charge in [-0.05, 0) is 57.5 Å². The first-order valence-electron chi connectivity index (χ1n) is 7.93. The fraction of sp³-hybridized carbons (Fsp3) is 0.529. The number of unbranched alkanes of at least 4 members (excludes halogenated alkanes) is 3. The fourth-order valence-corrected chi connectivity index (χ4v) is 2.06. The molecule has 0 aliphatic rings. The SMILES string of the molecule is CC(C)NC(=O)c1ccc(NC(=O)CCCCCCN)cc1. The number of nitrogens with two attached hydrogens (primary N) is 1. The molecule has 0 radical (unpaired) electrons. The topological polar surface area (TPSA) is 84.2 Å². The molecule has 0 saturated heterocycles. The molecule has 0 saturated carbocycles. The van der Waals surface area contributed by atoms with Crippen LogP contribution in [0.15, 0.2) is 24.3 Å². The van der Waals surface area contributed by atoms with Gasteiger partial charge in [-0.25, -0.2) is 0 Å². The Morgan fingerprint density at radius 3 is 2.27 bits per heavy atom. The summed E-state index contributed by atoms with van der Waals surface area (Å²) < 4.78 is 0. The van der Waals surface area contributed by atoms with Gasteiger partial charge in [-0.2, -0.15) is 0 Å². The molecule has 0 unspecified atom stereocenters. The summed E-state index contributed by atoms with van der Waals surface area (Å²) in [7, 11) is 0. The lowest BCUT2D eigenvalue weighted by Gasteiger charge is -2.09. The highest BCUT2D eigenvalue weighted by molar-refractivity contribution is 5.95. The fourth-order valence-electron chi connectivity index (χ4n) is 2.06. The monoisotopic (exact) mass is 305 g/mol.